The van der Waals surface area contributed by atoms with Crippen LogP contribution in [0.4, 0.5) is 0 Å². The summed E-state index contributed by atoms with van der Waals surface area (Å²) in [7, 11) is 0. The van der Waals surface area contributed by atoms with Crippen LogP contribution in [0, 0.1) is 11.3 Å². The Morgan fingerprint density at radius 3 is 2.04 bits per heavy atom. The van der Waals surface area contributed by atoms with Gasteiger partial charge in [-0.2, -0.15) is 0 Å². The highest BCUT2D eigenvalue weighted by atomic mass is 16.5. The van der Waals surface area contributed by atoms with Crippen LogP contribution < -0.4 is 11.1 Å². The lowest BCUT2D eigenvalue weighted by atomic mass is 9.86. The fourth-order valence-corrected chi connectivity index (χ4v) is 2.13. The molecule has 0 amide bonds. The molecule has 0 rings (SSSR count). The number of Topliss-reactive ketones (excluding diaryl/α,β-unsaturated/α-hetero) is 1. The smallest absolute Gasteiger partial charge is 0.323 e. The first-order valence-corrected chi connectivity index (χ1v) is 8.63. The van der Waals surface area contributed by atoms with Crippen LogP contribution in [-0.2, 0) is 19.1 Å². The first-order chi connectivity index (χ1) is 11.2. The minimum Gasteiger partial charge on any atom is -0.480 e. The van der Waals surface area contributed by atoms with Crippen molar-refractivity contribution in [2.24, 2.45) is 17.1 Å². The van der Waals surface area contributed by atoms with Gasteiger partial charge in [0.2, 0.25) is 0 Å². The SMILES string of the molecule is CC(C)C(NC(C)(C)C)C(=O)OCC(C)(C)C(=O)CCC(N)C(=O)O. The summed E-state index contributed by atoms with van der Waals surface area (Å²) in [5.74, 6) is -1.67. The van der Waals surface area contributed by atoms with Gasteiger partial charge in [-0.25, -0.2) is 0 Å². The van der Waals surface area contributed by atoms with Crippen molar-refractivity contribution in [3.05, 3.63) is 0 Å². The van der Waals surface area contributed by atoms with Gasteiger partial charge in [0, 0.05) is 12.0 Å². The number of ether oxygens (including phenoxy) is 1. The van der Waals surface area contributed by atoms with Crippen molar-refractivity contribution in [1.29, 1.82) is 0 Å². The molecule has 2 atom stereocenters. The number of ketones is 1. The van der Waals surface area contributed by atoms with Gasteiger partial charge in [0.1, 0.15) is 24.5 Å². The molecular weight excluding hydrogens is 324 g/mol. The normalized spacial score (nSPS) is 14.9. The van der Waals surface area contributed by atoms with Gasteiger partial charge in [-0.3, -0.25) is 19.7 Å². The minimum absolute atomic E-state index is 0.0336. The zero-order valence-electron chi connectivity index (χ0n) is 16.5. The van der Waals surface area contributed by atoms with Crippen LogP contribution >= 0.6 is 0 Å². The molecule has 0 heterocycles. The van der Waals surface area contributed by atoms with E-state index in [-0.39, 0.29) is 36.7 Å². The second-order valence-electron chi connectivity index (χ2n) is 8.51. The molecule has 0 aromatic rings. The molecule has 0 spiro atoms. The molecule has 146 valence electrons. The second-order valence-corrected chi connectivity index (χ2v) is 8.51. The number of carbonyl (C=O) groups is 3. The molecule has 7 nitrogen and oxygen atoms in total. The number of carboxylic acids is 1. The molecule has 0 saturated heterocycles. The van der Waals surface area contributed by atoms with Gasteiger partial charge in [-0.15, -0.1) is 0 Å². The molecule has 0 aromatic carbocycles. The highest BCUT2D eigenvalue weighted by Gasteiger charge is 2.33. The monoisotopic (exact) mass is 358 g/mol. The molecule has 0 radical (unpaired) electrons. The number of aliphatic carboxylic acids is 1. The van der Waals surface area contributed by atoms with E-state index in [0.717, 1.165) is 0 Å². The molecule has 0 bridgehead atoms. The third kappa shape index (κ3) is 8.97. The molecule has 4 N–H and O–H groups in total. The van der Waals surface area contributed by atoms with Gasteiger partial charge < -0.3 is 15.6 Å². The van der Waals surface area contributed by atoms with Gasteiger partial charge in [0.15, 0.2) is 0 Å². The summed E-state index contributed by atoms with van der Waals surface area (Å²) < 4.78 is 5.38. The second kappa shape index (κ2) is 9.29. The number of hydrogen-bond donors (Lipinski definition) is 3. The quantitative estimate of drug-likeness (QED) is 0.509. The van der Waals surface area contributed by atoms with E-state index in [1.165, 1.54) is 0 Å². The standard InChI is InChI=1S/C18H34N2O5/c1-11(2)14(20-17(3,4)5)16(24)25-10-18(6,7)13(21)9-8-12(19)15(22)23/h11-12,14,20H,8-10,19H2,1-7H3,(H,22,23). The molecule has 7 heteroatoms. The summed E-state index contributed by atoms with van der Waals surface area (Å²) in [6.45, 7) is 13.1. The highest BCUT2D eigenvalue weighted by molar-refractivity contribution is 5.85. The van der Waals surface area contributed by atoms with Crippen LogP contribution in [0.15, 0.2) is 0 Å². The van der Waals surface area contributed by atoms with E-state index in [1.807, 2.05) is 34.6 Å². The lowest BCUT2D eigenvalue weighted by Gasteiger charge is -2.31. The fourth-order valence-electron chi connectivity index (χ4n) is 2.13. The summed E-state index contributed by atoms with van der Waals surface area (Å²) in [6, 6.07) is -1.53. The van der Waals surface area contributed by atoms with Gasteiger partial charge in [-0.1, -0.05) is 13.8 Å². The van der Waals surface area contributed by atoms with Gasteiger partial charge >= 0.3 is 11.9 Å². The summed E-state index contributed by atoms with van der Waals surface area (Å²) in [5.41, 5.74) is 4.28. The summed E-state index contributed by atoms with van der Waals surface area (Å²) in [6.07, 6.45) is 0.0949. The van der Waals surface area contributed by atoms with Gasteiger partial charge in [0.25, 0.3) is 0 Å². The molecule has 25 heavy (non-hydrogen) atoms. The number of carbonyl (C=O) groups excluding carboxylic acids is 2. The maximum absolute atomic E-state index is 12.4. The number of nitrogens with two attached hydrogens (primary N) is 1. The Hall–Kier alpha value is -1.47. The van der Waals surface area contributed by atoms with Crippen LogP contribution in [-0.4, -0.2) is 47.1 Å². The largest absolute Gasteiger partial charge is 0.480 e. The number of nitrogens with one attached hydrogen (secondary N) is 1. The van der Waals surface area contributed by atoms with Crippen molar-refractivity contribution in [3.63, 3.8) is 0 Å². The Kier molecular flexibility index (Phi) is 8.74. The summed E-state index contributed by atoms with van der Waals surface area (Å²) in [4.78, 5) is 35.4. The Labute approximate surface area is 150 Å². The molecule has 0 saturated carbocycles. The van der Waals surface area contributed by atoms with Crippen LogP contribution in [0.3, 0.4) is 0 Å². The van der Waals surface area contributed by atoms with E-state index in [2.05, 4.69) is 5.32 Å². The third-order valence-corrected chi connectivity index (χ3v) is 3.84. The Morgan fingerprint density at radius 2 is 1.64 bits per heavy atom. The van der Waals surface area contributed by atoms with Crippen molar-refractivity contribution in [2.75, 3.05) is 6.61 Å². The van der Waals surface area contributed by atoms with E-state index in [1.54, 1.807) is 13.8 Å². The van der Waals surface area contributed by atoms with Crippen molar-refractivity contribution in [1.82, 2.24) is 5.32 Å². The lowest BCUT2D eigenvalue weighted by Crippen LogP contribution is -2.51. The summed E-state index contributed by atoms with van der Waals surface area (Å²) in [5, 5.41) is 12.0. The number of esters is 1. The Bertz CT molecular complexity index is 480. The van der Waals surface area contributed by atoms with E-state index < -0.39 is 29.4 Å². The van der Waals surface area contributed by atoms with Crippen molar-refractivity contribution < 1.29 is 24.2 Å². The van der Waals surface area contributed by atoms with Crippen molar-refractivity contribution in [2.45, 2.75) is 78.9 Å². The Morgan fingerprint density at radius 1 is 1.12 bits per heavy atom. The maximum Gasteiger partial charge on any atom is 0.323 e. The fraction of sp³-hybridized carbons (Fsp3) is 0.833. The topological polar surface area (TPSA) is 119 Å². The zero-order chi connectivity index (χ0) is 20.0. The molecule has 0 aliphatic carbocycles. The molecule has 0 aliphatic heterocycles. The minimum atomic E-state index is -1.13. The first kappa shape index (κ1) is 23.5. The third-order valence-electron chi connectivity index (χ3n) is 3.84. The maximum atomic E-state index is 12.4. The highest BCUT2D eigenvalue weighted by Crippen LogP contribution is 2.21. The molecule has 0 aromatic heterocycles. The molecule has 2 unspecified atom stereocenters. The van der Waals surface area contributed by atoms with E-state index in [4.69, 9.17) is 15.6 Å². The predicted molar refractivity (Wildman–Crippen MR) is 96.1 cm³/mol. The van der Waals surface area contributed by atoms with E-state index in [0.29, 0.717) is 0 Å². The number of rotatable bonds is 10. The van der Waals surface area contributed by atoms with Crippen LogP contribution in [0.5, 0.6) is 0 Å². The van der Waals surface area contributed by atoms with Crippen molar-refractivity contribution >= 4 is 17.7 Å². The number of carboxylic acid groups (broad SMARTS) is 1. The molecular formula is C18H34N2O5. The van der Waals surface area contributed by atoms with Crippen LogP contribution in [0.25, 0.3) is 0 Å². The van der Waals surface area contributed by atoms with E-state index >= 15 is 0 Å². The lowest BCUT2D eigenvalue weighted by molar-refractivity contribution is -0.153. The average Bonchev–Trinajstić information content (AvgIpc) is 2.46. The van der Waals surface area contributed by atoms with Gasteiger partial charge in [0.05, 0.1) is 5.41 Å². The van der Waals surface area contributed by atoms with Crippen molar-refractivity contribution in [3.8, 4) is 0 Å². The van der Waals surface area contributed by atoms with Crippen LogP contribution in [0.1, 0.15) is 61.3 Å². The first-order valence-electron chi connectivity index (χ1n) is 8.63. The van der Waals surface area contributed by atoms with E-state index in [9.17, 15) is 14.4 Å². The van der Waals surface area contributed by atoms with Gasteiger partial charge in [-0.05, 0) is 47.0 Å². The van der Waals surface area contributed by atoms with Crippen LogP contribution in [0.2, 0.25) is 0 Å². The summed E-state index contributed by atoms with van der Waals surface area (Å²) >= 11 is 0. The zero-order valence-corrected chi connectivity index (χ0v) is 16.5. The molecule has 0 fully saturated rings. The predicted octanol–water partition coefficient (Wildman–Crippen LogP) is 1.73. The average molecular weight is 358 g/mol. The number of hydrogen-bond acceptors (Lipinski definition) is 6. The molecule has 0 aliphatic rings. The Balaban J connectivity index is 4.70.